The molecular weight excluding hydrogens is 464 g/mol. The van der Waals surface area contributed by atoms with Crippen LogP contribution < -0.4 is 5.32 Å². The summed E-state index contributed by atoms with van der Waals surface area (Å²) in [6, 6.07) is 19.7. The van der Waals surface area contributed by atoms with Gasteiger partial charge in [0, 0.05) is 24.0 Å². The molecule has 0 aliphatic heterocycles. The number of pyridine rings is 1. The summed E-state index contributed by atoms with van der Waals surface area (Å²) in [5.41, 5.74) is 4.77. The lowest BCUT2D eigenvalue weighted by Gasteiger charge is -2.08. The Balaban J connectivity index is 1.22. The molecule has 0 fully saturated rings. The minimum atomic E-state index is -0.0988. The maximum absolute atomic E-state index is 12.6. The number of benzene rings is 2. The summed E-state index contributed by atoms with van der Waals surface area (Å²) >= 11 is 3.03. The summed E-state index contributed by atoms with van der Waals surface area (Å²) in [6.07, 6.45) is 1.73. The number of aryl methyl sites for hydroxylation is 1. The van der Waals surface area contributed by atoms with Gasteiger partial charge in [0.05, 0.1) is 16.0 Å². The smallest absolute Gasteiger partial charge is 0.234 e. The van der Waals surface area contributed by atoms with Crippen LogP contribution in [0.4, 0.5) is 5.69 Å². The van der Waals surface area contributed by atoms with E-state index in [1.807, 2.05) is 54.0 Å². The number of anilines is 1. The van der Waals surface area contributed by atoms with E-state index in [4.69, 9.17) is 4.98 Å². The van der Waals surface area contributed by atoms with E-state index < -0.39 is 0 Å². The quantitative estimate of drug-likeness (QED) is 0.298. The van der Waals surface area contributed by atoms with Crippen LogP contribution in [0.25, 0.3) is 32.3 Å². The van der Waals surface area contributed by atoms with E-state index >= 15 is 0 Å². The van der Waals surface area contributed by atoms with Gasteiger partial charge >= 0.3 is 0 Å². The minimum Gasteiger partial charge on any atom is -0.325 e. The van der Waals surface area contributed by atoms with Gasteiger partial charge in [0.2, 0.25) is 5.91 Å². The van der Waals surface area contributed by atoms with E-state index in [0.717, 1.165) is 27.5 Å². The van der Waals surface area contributed by atoms with E-state index in [1.165, 1.54) is 22.0 Å². The largest absolute Gasteiger partial charge is 0.325 e. The van der Waals surface area contributed by atoms with Gasteiger partial charge in [-0.25, -0.2) is 4.98 Å². The number of amides is 1. The van der Waals surface area contributed by atoms with Crippen molar-refractivity contribution in [2.75, 3.05) is 11.1 Å². The molecule has 0 saturated carbocycles. The zero-order valence-corrected chi connectivity index (χ0v) is 20.4. The molecular formula is C25H22N6OS2. The molecule has 170 valence electrons. The summed E-state index contributed by atoms with van der Waals surface area (Å²) < 4.78 is 3.14. The zero-order chi connectivity index (χ0) is 23.5. The molecule has 0 bridgehead atoms. The molecule has 0 atom stereocenters. The van der Waals surface area contributed by atoms with Gasteiger partial charge in [0.1, 0.15) is 10.7 Å². The van der Waals surface area contributed by atoms with Crippen molar-refractivity contribution in [1.29, 1.82) is 0 Å². The Morgan fingerprint density at radius 3 is 2.71 bits per heavy atom. The third-order valence-electron chi connectivity index (χ3n) is 5.22. The zero-order valence-electron chi connectivity index (χ0n) is 18.7. The van der Waals surface area contributed by atoms with Gasteiger partial charge in [-0.05, 0) is 67.9 Å². The van der Waals surface area contributed by atoms with Gasteiger partial charge in [0.25, 0.3) is 0 Å². The highest BCUT2D eigenvalue weighted by atomic mass is 32.2. The topological polar surface area (TPSA) is 85.6 Å². The van der Waals surface area contributed by atoms with Crippen molar-refractivity contribution in [3.8, 4) is 22.1 Å². The van der Waals surface area contributed by atoms with Crippen LogP contribution in [0.15, 0.2) is 72.0 Å². The highest BCUT2D eigenvalue weighted by Gasteiger charge is 2.15. The molecule has 3 heterocycles. The molecule has 5 rings (SSSR count). The number of fused-ring (bicyclic) bond motifs is 1. The first-order valence-electron chi connectivity index (χ1n) is 10.9. The molecule has 7 nitrogen and oxygen atoms in total. The van der Waals surface area contributed by atoms with Crippen molar-refractivity contribution in [2.24, 2.45) is 0 Å². The number of carbonyl (C=O) groups excluding carboxylic acids is 1. The summed E-state index contributed by atoms with van der Waals surface area (Å²) in [5.74, 6) is 0.837. The van der Waals surface area contributed by atoms with Crippen molar-refractivity contribution >= 4 is 44.9 Å². The third-order valence-corrected chi connectivity index (χ3v) is 7.25. The van der Waals surface area contributed by atoms with Gasteiger partial charge in [-0.1, -0.05) is 23.9 Å². The molecule has 0 spiro atoms. The Kier molecular flexibility index (Phi) is 6.37. The fraction of sp³-hybridized carbons (Fsp3) is 0.160. The van der Waals surface area contributed by atoms with Gasteiger partial charge in [0.15, 0.2) is 11.0 Å². The molecule has 5 aromatic rings. The van der Waals surface area contributed by atoms with Crippen molar-refractivity contribution in [3.05, 3.63) is 72.4 Å². The lowest BCUT2D eigenvalue weighted by Crippen LogP contribution is -2.14. The minimum absolute atomic E-state index is 0.0988. The van der Waals surface area contributed by atoms with Crippen molar-refractivity contribution in [1.82, 2.24) is 24.7 Å². The van der Waals surface area contributed by atoms with Gasteiger partial charge in [-0.2, -0.15) is 0 Å². The van der Waals surface area contributed by atoms with Crippen LogP contribution in [-0.2, 0) is 11.3 Å². The first-order valence-corrected chi connectivity index (χ1v) is 12.7. The molecule has 34 heavy (non-hydrogen) atoms. The molecule has 0 radical (unpaired) electrons. The van der Waals surface area contributed by atoms with Crippen LogP contribution >= 0.6 is 23.1 Å². The standard InChI is InChI=1S/C25H22N6OS2/c1-3-31-23(20-6-4-5-13-26-20)29-30-25(31)33-15-22(32)27-18-10-8-17(9-11-18)24-28-19-12-7-16(2)14-21(19)34-24/h4-14H,3,15H2,1-2H3,(H,27,32). The Bertz CT molecular complexity index is 1440. The van der Waals surface area contributed by atoms with Crippen LogP contribution in [0.1, 0.15) is 12.5 Å². The first-order chi connectivity index (χ1) is 16.6. The summed E-state index contributed by atoms with van der Waals surface area (Å²) in [7, 11) is 0. The van der Waals surface area contributed by atoms with Crippen molar-refractivity contribution < 1.29 is 4.79 Å². The van der Waals surface area contributed by atoms with Crippen LogP contribution in [0, 0.1) is 6.92 Å². The first kappa shape index (κ1) is 22.2. The van der Waals surface area contributed by atoms with Crippen LogP contribution in [0.2, 0.25) is 0 Å². The van der Waals surface area contributed by atoms with Crippen LogP contribution in [-0.4, -0.2) is 36.4 Å². The van der Waals surface area contributed by atoms with Crippen LogP contribution in [0.5, 0.6) is 0 Å². The maximum Gasteiger partial charge on any atom is 0.234 e. The average molecular weight is 487 g/mol. The molecule has 3 aromatic heterocycles. The van der Waals surface area contributed by atoms with E-state index in [2.05, 4.69) is 45.6 Å². The predicted octanol–water partition coefficient (Wildman–Crippen LogP) is 5.68. The van der Waals surface area contributed by atoms with Crippen LogP contribution in [0.3, 0.4) is 0 Å². The van der Waals surface area contributed by atoms with E-state index in [1.54, 1.807) is 17.5 Å². The van der Waals surface area contributed by atoms with Crippen molar-refractivity contribution in [3.63, 3.8) is 0 Å². The molecule has 0 saturated heterocycles. The molecule has 9 heteroatoms. The van der Waals surface area contributed by atoms with Gasteiger partial charge in [-0.15, -0.1) is 21.5 Å². The normalized spacial score (nSPS) is 11.1. The fourth-order valence-corrected chi connectivity index (χ4v) is 5.42. The SMILES string of the molecule is CCn1c(SCC(=O)Nc2ccc(-c3nc4ccc(C)cc4s3)cc2)nnc1-c1ccccn1. The molecule has 0 unspecified atom stereocenters. The number of nitrogens with one attached hydrogen (secondary N) is 1. The van der Waals surface area contributed by atoms with Crippen molar-refractivity contribution in [2.45, 2.75) is 25.5 Å². The van der Waals surface area contributed by atoms with E-state index in [9.17, 15) is 4.79 Å². The van der Waals surface area contributed by atoms with Gasteiger partial charge in [-0.3, -0.25) is 9.78 Å². The highest BCUT2D eigenvalue weighted by Crippen LogP contribution is 2.31. The lowest BCUT2D eigenvalue weighted by atomic mass is 10.2. The Morgan fingerprint density at radius 1 is 1.09 bits per heavy atom. The monoisotopic (exact) mass is 486 g/mol. The number of hydrogen-bond donors (Lipinski definition) is 1. The Hall–Kier alpha value is -3.56. The number of carbonyl (C=O) groups is 1. The number of rotatable bonds is 7. The van der Waals surface area contributed by atoms with E-state index in [0.29, 0.717) is 17.5 Å². The third kappa shape index (κ3) is 4.71. The molecule has 1 amide bonds. The fourth-order valence-electron chi connectivity index (χ4n) is 3.54. The second kappa shape index (κ2) is 9.74. The van der Waals surface area contributed by atoms with E-state index in [-0.39, 0.29) is 11.7 Å². The summed E-state index contributed by atoms with van der Waals surface area (Å²) in [4.78, 5) is 21.6. The number of aromatic nitrogens is 5. The second-order valence-electron chi connectivity index (χ2n) is 7.67. The summed E-state index contributed by atoms with van der Waals surface area (Å²) in [5, 5.41) is 13.1. The maximum atomic E-state index is 12.6. The van der Waals surface area contributed by atoms with Gasteiger partial charge < -0.3 is 9.88 Å². The Labute approximate surface area is 205 Å². The number of hydrogen-bond acceptors (Lipinski definition) is 7. The average Bonchev–Trinajstić information content (AvgIpc) is 3.47. The number of thioether (sulfide) groups is 1. The molecule has 1 N–H and O–H groups in total. The summed E-state index contributed by atoms with van der Waals surface area (Å²) in [6.45, 7) is 4.80. The lowest BCUT2D eigenvalue weighted by molar-refractivity contribution is -0.113. The molecule has 0 aliphatic rings. The Morgan fingerprint density at radius 2 is 1.94 bits per heavy atom. The number of nitrogens with zero attached hydrogens (tertiary/aromatic N) is 5. The predicted molar refractivity (Wildman–Crippen MR) is 138 cm³/mol. The number of thiazole rings is 1. The molecule has 2 aromatic carbocycles. The second-order valence-corrected chi connectivity index (χ2v) is 9.64. The molecule has 0 aliphatic carbocycles. The highest BCUT2D eigenvalue weighted by molar-refractivity contribution is 7.99.